The maximum absolute atomic E-state index is 13.1. The summed E-state index contributed by atoms with van der Waals surface area (Å²) in [6.45, 7) is 2.11. The minimum Gasteiger partial charge on any atom is -0.323 e. The molecule has 0 bridgehead atoms. The number of hydrogen-bond donors (Lipinski definition) is 0. The molecule has 2 heterocycles. The number of aromatic nitrogens is 2. The molecule has 1 aromatic carbocycles. The smallest absolute Gasteiger partial charge is 0.218 e. The van der Waals surface area contributed by atoms with Crippen molar-refractivity contribution in [1.82, 2.24) is 9.97 Å². The number of halogens is 1. The number of rotatable bonds is 1. The summed E-state index contributed by atoms with van der Waals surface area (Å²) in [5, 5.41) is 0. The lowest BCUT2D eigenvalue weighted by molar-refractivity contribution is 0.578. The van der Waals surface area contributed by atoms with Gasteiger partial charge in [0.2, 0.25) is 5.95 Å². The molecule has 3 rings (SSSR count). The second-order valence-corrected chi connectivity index (χ2v) is 4.25. The molecule has 1 aliphatic heterocycles. The maximum atomic E-state index is 13.1. The lowest BCUT2D eigenvalue weighted by atomic mass is 10.1. The summed E-state index contributed by atoms with van der Waals surface area (Å²) in [5.74, 6) is 0.126. The molecule has 1 aromatic heterocycles. The summed E-state index contributed by atoms with van der Waals surface area (Å²) < 4.78 is 13.1. The lowest BCUT2D eigenvalue weighted by Crippen LogP contribution is -2.24. The fraction of sp³-hybridized carbons (Fsp3) is 0.231. The molecule has 0 fully saturated rings. The first-order valence-electron chi connectivity index (χ1n) is 5.60. The Labute approximate surface area is 98.9 Å². The number of hydrogen-bond acceptors (Lipinski definition) is 3. The monoisotopic (exact) mass is 229 g/mol. The van der Waals surface area contributed by atoms with E-state index in [1.807, 2.05) is 18.2 Å². The van der Waals surface area contributed by atoms with Gasteiger partial charge in [0.05, 0.1) is 0 Å². The highest BCUT2D eigenvalue weighted by molar-refractivity contribution is 5.68. The van der Waals surface area contributed by atoms with Crippen molar-refractivity contribution in [3.63, 3.8) is 0 Å². The topological polar surface area (TPSA) is 29.0 Å². The van der Waals surface area contributed by atoms with Crippen LogP contribution in [0.15, 0.2) is 36.7 Å². The molecule has 1 atom stereocenters. The summed E-state index contributed by atoms with van der Waals surface area (Å²) in [7, 11) is 0. The van der Waals surface area contributed by atoms with Gasteiger partial charge >= 0.3 is 0 Å². The summed E-state index contributed by atoms with van der Waals surface area (Å²) >= 11 is 0. The van der Waals surface area contributed by atoms with Gasteiger partial charge in [-0.05, 0) is 25.0 Å². The van der Waals surface area contributed by atoms with Crippen LogP contribution in [0.5, 0.6) is 0 Å². The molecular weight excluding hydrogens is 217 g/mol. The summed E-state index contributed by atoms with van der Waals surface area (Å²) in [6, 6.07) is 9.82. The Morgan fingerprint density at radius 3 is 2.94 bits per heavy atom. The highest BCUT2D eigenvalue weighted by atomic mass is 19.1. The number of para-hydroxylation sites is 1. The van der Waals surface area contributed by atoms with Crippen LogP contribution in [-0.2, 0) is 6.42 Å². The van der Waals surface area contributed by atoms with E-state index in [-0.39, 0.29) is 0 Å². The largest absolute Gasteiger partial charge is 0.323 e. The van der Waals surface area contributed by atoms with Crippen LogP contribution >= 0.6 is 0 Å². The lowest BCUT2D eigenvalue weighted by Gasteiger charge is -2.23. The van der Waals surface area contributed by atoms with E-state index >= 15 is 0 Å². The molecule has 3 nitrogen and oxygen atoms in total. The highest BCUT2D eigenvalue weighted by Gasteiger charge is 2.27. The zero-order valence-electron chi connectivity index (χ0n) is 9.47. The second-order valence-electron chi connectivity index (χ2n) is 4.25. The first-order chi connectivity index (χ1) is 8.25. The highest BCUT2D eigenvalue weighted by Crippen LogP contribution is 2.36. The SMILES string of the molecule is CC1Cc2ccccc2N1c1cc(F)ncn1. The molecular formula is C13H12FN3. The van der Waals surface area contributed by atoms with Crippen LogP contribution in [0.25, 0.3) is 0 Å². The predicted octanol–water partition coefficient (Wildman–Crippen LogP) is 2.70. The van der Waals surface area contributed by atoms with Gasteiger partial charge in [0, 0.05) is 17.8 Å². The molecule has 0 spiro atoms. The van der Waals surface area contributed by atoms with E-state index < -0.39 is 5.95 Å². The molecule has 17 heavy (non-hydrogen) atoms. The Bertz CT molecular complexity index is 556. The average Bonchev–Trinajstić information content (AvgIpc) is 2.64. The number of fused-ring (bicyclic) bond motifs is 1. The molecule has 0 radical (unpaired) electrons. The average molecular weight is 229 g/mol. The minimum atomic E-state index is -0.494. The van der Waals surface area contributed by atoms with Crippen molar-refractivity contribution < 1.29 is 4.39 Å². The number of anilines is 2. The Balaban J connectivity index is 2.09. The van der Waals surface area contributed by atoms with Crippen LogP contribution in [0.2, 0.25) is 0 Å². The third-order valence-electron chi connectivity index (χ3n) is 3.07. The van der Waals surface area contributed by atoms with Crippen LogP contribution in [0.3, 0.4) is 0 Å². The Kier molecular flexibility index (Phi) is 2.28. The molecule has 0 saturated heterocycles. The van der Waals surface area contributed by atoms with Gasteiger partial charge in [0.1, 0.15) is 12.1 Å². The van der Waals surface area contributed by atoms with E-state index in [4.69, 9.17) is 0 Å². The van der Waals surface area contributed by atoms with E-state index in [0.717, 1.165) is 12.1 Å². The van der Waals surface area contributed by atoms with Crippen molar-refractivity contribution in [2.45, 2.75) is 19.4 Å². The van der Waals surface area contributed by atoms with Crippen molar-refractivity contribution in [3.8, 4) is 0 Å². The normalized spacial score (nSPS) is 18.2. The van der Waals surface area contributed by atoms with Gasteiger partial charge in [-0.3, -0.25) is 0 Å². The first-order valence-corrected chi connectivity index (χ1v) is 5.60. The van der Waals surface area contributed by atoms with Gasteiger partial charge in [0.25, 0.3) is 0 Å². The van der Waals surface area contributed by atoms with Crippen molar-refractivity contribution in [3.05, 3.63) is 48.2 Å². The Morgan fingerprint density at radius 2 is 2.12 bits per heavy atom. The first kappa shape index (κ1) is 10.2. The van der Waals surface area contributed by atoms with Crippen LogP contribution in [0, 0.1) is 5.95 Å². The van der Waals surface area contributed by atoms with Crippen LogP contribution < -0.4 is 4.90 Å². The van der Waals surface area contributed by atoms with E-state index in [1.54, 1.807) is 0 Å². The Morgan fingerprint density at radius 1 is 1.29 bits per heavy atom. The molecule has 0 N–H and O–H groups in total. The molecule has 0 aliphatic carbocycles. The van der Waals surface area contributed by atoms with E-state index in [9.17, 15) is 4.39 Å². The fourth-order valence-electron chi connectivity index (χ4n) is 2.37. The third kappa shape index (κ3) is 1.65. The number of benzene rings is 1. The van der Waals surface area contributed by atoms with Gasteiger partial charge in [-0.1, -0.05) is 18.2 Å². The van der Waals surface area contributed by atoms with E-state index in [2.05, 4.69) is 27.9 Å². The zero-order chi connectivity index (χ0) is 11.8. The molecule has 4 heteroatoms. The zero-order valence-corrected chi connectivity index (χ0v) is 9.47. The molecule has 2 aromatic rings. The van der Waals surface area contributed by atoms with Crippen molar-refractivity contribution >= 4 is 11.5 Å². The minimum absolute atomic E-state index is 0.293. The van der Waals surface area contributed by atoms with Crippen LogP contribution in [-0.4, -0.2) is 16.0 Å². The standard InChI is InChI=1S/C13H12FN3/c1-9-6-10-4-2-3-5-11(10)17(9)13-7-12(14)15-8-16-13/h2-5,7-9H,6H2,1H3. The van der Waals surface area contributed by atoms with Gasteiger partial charge < -0.3 is 4.90 Å². The predicted molar refractivity (Wildman–Crippen MR) is 63.7 cm³/mol. The van der Waals surface area contributed by atoms with Gasteiger partial charge in [-0.25, -0.2) is 9.97 Å². The van der Waals surface area contributed by atoms with Crippen LogP contribution in [0.4, 0.5) is 15.9 Å². The van der Waals surface area contributed by atoms with Gasteiger partial charge in [-0.15, -0.1) is 0 Å². The molecule has 0 amide bonds. The quantitative estimate of drug-likeness (QED) is 0.704. The second kappa shape index (κ2) is 3.80. The summed E-state index contributed by atoms with van der Waals surface area (Å²) in [4.78, 5) is 9.69. The third-order valence-corrected chi connectivity index (χ3v) is 3.07. The molecule has 1 unspecified atom stereocenters. The van der Waals surface area contributed by atoms with Gasteiger partial charge in [-0.2, -0.15) is 4.39 Å². The molecule has 86 valence electrons. The number of nitrogens with zero attached hydrogens (tertiary/aromatic N) is 3. The maximum Gasteiger partial charge on any atom is 0.218 e. The van der Waals surface area contributed by atoms with Crippen molar-refractivity contribution in [2.75, 3.05) is 4.90 Å². The van der Waals surface area contributed by atoms with Crippen LogP contribution in [0.1, 0.15) is 12.5 Å². The summed E-state index contributed by atoms with van der Waals surface area (Å²) in [6.07, 6.45) is 2.22. The molecule has 0 saturated carbocycles. The van der Waals surface area contributed by atoms with E-state index in [1.165, 1.54) is 18.0 Å². The Hall–Kier alpha value is -1.97. The summed E-state index contributed by atoms with van der Waals surface area (Å²) in [5.41, 5.74) is 2.39. The van der Waals surface area contributed by atoms with Crippen molar-refractivity contribution in [2.24, 2.45) is 0 Å². The van der Waals surface area contributed by atoms with E-state index in [0.29, 0.717) is 11.9 Å². The molecule has 1 aliphatic rings. The van der Waals surface area contributed by atoms with Crippen molar-refractivity contribution in [1.29, 1.82) is 0 Å². The fourth-order valence-corrected chi connectivity index (χ4v) is 2.37. The van der Waals surface area contributed by atoms with Gasteiger partial charge in [0.15, 0.2) is 0 Å².